The summed E-state index contributed by atoms with van der Waals surface area (Å²) in [6.07, 6.45) is 5.84. The summed E-state index contributed by atoms with van der Waals surface area (Å²) >= 11 is 0. The molecule has 226 valence electrons. The van der Waals surface area contributed by atoms with Gasteiger partial charge in [0.2, 0.25) is 0 Å². The molecule has 4 heteroatoms. The zero-order valence-corrected chi connectivity index (χ0v) is 26.7. The number of rotatable bonds is 7. The quantitative estimate of drug-likeness (QED) is 0.205. The molecule has 0 saturated heterocycles. The highest BCUT2D eigenvalue weighted by Gasteiger charge is 2.23. The van der Waals surface area contributed by atoms with E-state index in [9.17, 15) is 0 Å². The Morgan fingerprint density at radius 2 is 1.12 bits per heavy atom. The number of hydrogen-bond donors (Lipinski definition) is 0. The van der Waals surface area contributed by atoms with Gasteiger partial charge in [-0.2, -0.15) is 0 Å². The molecule has 0 unspecified atom stereocenters. The van der Waals surface area contributed by atoms with Crippen molar-refractivity contribution in [3.63, 3.8) is 0 Å². The Bertz CT molecular complexity index is 1450. The molecule has 43 heavy (non-hydrogen) atoms. The van der Waals surface area contributed by atoms with Crippen LogP contribution in [-0.4, -0.2) is 13.5 Å². The molecule has 2 heterocycles. The maximum absolute atomic E-state index is 6.30. The van der Waals surface area contributed by atoms with E-state index in [1.165, 1.54) is 51.2 Å². The fourth-order valence-electron chi connectivity index (χ4n) is 5.67. The van der Waals surface area contributed by atoms with E-state index >= 15 is 0 Å². The number of ether oxygens (including phenoxy) is 2. The van der Waals surface area contributed by atoms with Gasteiger partial charge in [-0.1, -0.05) is 95.6 Å². The Labute approximate surface area is 259 Å². The van der Waals surface area contributed by atoms with Crippen LogP contribution in [0.15, 0.2) is 97.6 Å². The van der Waals surface area contributed by atoms with Gasteiger partial charge in [0.15, 0.2) is 13.5 Å². The molecule has 0 spiro atoms. The van der Waals surface area contributed by atoms with Crippen molar-refractivity contribution in [1.29, 1.82) is 0 Å². The van der Waals surface area contributed by atoms with E-state index in [4.69, 9.17) is 9.47 Å². The highest BCUT2D eigenvalue weighted by Crippen LogP contribution is 2.36. The lowest BCUT2D eigenvalue weighted by atomic mass is 9.93. The Kier molecular flexibility index (Phi) is 11.7. The van der Waals surface area contributed by atoms with Crippen LogP contribution in [0.5, 0.6) is 11.5 Å². The predicted octanol–water partition coefficient (Wildman–Crippen LogP) is 9.72. The zero-order valence-electron chi connectivity index (χ0n) is 26.7. The summed E-state index contributed by atoms with van der Waals surface area (Å²) in [6, 6.07) is 30.3. The van der Waals surface area contributed by atoms with Crippen molar-refractivity contribution in [3.8, 4) is 11.5 Å². The number of anilines is 2. The van der Waals surface area contributed by atoms with E-state index in [1.807, 2.05) is 19.9 Å². The second-order valence-electron chi connectivity index (χ2n) is 10.8. The van der Waals surface area contributed by atoms with Gasteiger partial charge in [0.05, 0.1) is 0 Å². The molecule has 4 nitrogen and oxygen atoms in total. The van der Waals surface area contributed by atoms with Crippen molar-refractivity contribution in [2.45, 2.75) is 73.4 Å². The van der Waals surface area contributed by atoms with Gasteiger partial charge in [0.25, 0.3) is 0 Å². The summed E-state index contributed by atoms with van der Waals surface area (Å²) in [5.74, 6) is 2.08. The lowest BCUT2D eigenvalue weighted by molar-refractivity contribution is 0.286. The van der Waals surface area contributed by atoms with Gasteiger partial charge in [-0.25, -0.2) is 0 Å². The minimum atomic E-state index is 0.559. The fourth-order valence-corrected chi connectivity index (χ4v) is 5.67. The number of hydrogen-bond acceptors (Lipinski definition) is 4. The van der Waals surface area contributed by atoms with E-state index in [1.54, 1.807) is 0 Å². The average Bonchev–Trinajstić information content (AvgIpc) is 3.06. The fraction of sp³-hybridized carbons (Fsp3) is 0.333. The third-order valence-corrected chi connectivity index (χ3v) is 7.45. The van der Waals surface area contributed by atoms with Crippen molar-refractivity contribution in [2.24, 2.45) is 0 Å². The lowest BCUT2D eigenvalue weighted by Crippen LogP contribution is -2.32. The van der Waals surface area contributed by atoms with E-state index in [-0.39, 0.29) is 0 Å². The Hall–Kier alpha value is -4.18. The summed E-state index contributed by atoms with van der Waals surface area (Å²) in [5.41, 5.74) is 9.99. The summed E-state index contributed by atoms with van der Waals surface area (Å²) in [4.78, 5) is 4.58. The van der Waals surface area contributed by atoms with E-state index in [0.29, 0.717) is 13.5 Å². The summed E-state index contributed by atoms with van der Waals surface area (Å²) in [7, 11) is 0. The first kappa shape index (κ1) is 31.7. The van der Waals surface area contributed by atoms with Gasteiger partial charge >= 0.3 is 0 Å². The van der Waals surface area contributed by atoms with Crippen LogP contribution in [0.1, 0.15) is 74.4 Å². The largest absolute Gasteiger partial charge is 0.472 e. The Morgan fingerprint density at radius 1 is 0.674 bits per heavy atom. The zero-order chi connectivity index (χ0) is 30.6. The molecular weight excluding hydrogens is 528 g/mol. The maximum Gasteiger partial charge on any atom is 0.161 e. The molecule has 4 aromatic rings. The summed E-state index contributed by atoms with van der Waals surface area (Å²) in [6.45, 7) is 17.3. The molecule has 2 aliphatic heterocycles. The van der Waals surface area contributed by atoms with Crippen LogP contribution < -0.4 is 19.3 Å². The van der Waals surface area contributed by atoms with Gasteiger partial charge < -0.3 is 19.3 Å². The average molecular weight is 577 g/mol. The van der Waals surface area contributed by atoms with Crippen LogP contribution in [0.3, 0.4) is 0 Å². The van der Waals surface area contributed by atoms with Gasteiger partial charge in [-0.3, -0.25) is 0 Å². The van der Waals surface area contributed by atoms with Crippen LogP contribution in [0.2, 0.25) is 0 Å². The molecule has 0 aliphatic carbocycles. The first-order valence-corrected chi connectivity index (χ1v) is 15.9. The molecule has 0 radical (unpaired) electrons. The normalized spacial score (nSPS) is 13.1. The molecule has 0 N–H and O–H groups in total. The van der Waals surface area contributed by atoms with Crippen LogP contribution in [-0.2, 0) is 32.4 Å². The maximum atomic E-state index is 6.30. The monoisotopic (exact) mass is 576 g/mol. The van der Waals surface area contributed by atoms with Gasteiger partial charge in [-0.05, 0) is 77.9 Å². The Morgan fingerprint density at radius 3 is 1.56 bits per heavy atom. The van der Waals surface area contributed by atoms with Gasteiger partial charge in [-0.15, -0.1) is 6.58 Å². The molecule has 6 rings (SSSR count). The second kappa shape index (κ2) is 15.9. The second-order valence-corrected chi connectivity index (χ2v) is 10.8. The molecule has 4 aromatic carbocycles. The van der Waals surface area contributed by atoms with Gasteiger partial charge in [0, 0.05) is 35.6 Å². The standard InChI is InChI=1S/C34H34N2O2.C3H8.C2H6/c1-3-11-28-18-26(20-30-22-36(24-38-34(28)30)32-14-9-6-10-15-32)16-25-17-27(4-2)33-29(19-25)21-35(23-37-33)31-12-7-5-8-13-31;1-3-2;1-2/h3,5-10,12-15,17-20H,1,4,11,16,21-24H2,2H3;3H2,1-2H3;1-2H3. The van der Waals surface area contributed by atoms with Gasteiger partial charge in [0.1, 0.15) is 11.5 Å². The van der Waals surface area contributed by atoms with Crippen molar-refractivity contribution in [1.82, 2.24) is 0 Å². The Balaban J connectivity index is 0.000000798. The molecule has 0 bridgehead atoms. The van der Waals surface area contributed by atoms with Crippen molar-refractivity contribution >= 4 is 11.4 Å². The van der Waals surface area contributed by atoms with Crippen LogP contribution in [0.25, 0.3) is 0 Å². The highest BCUT2D eigenvalue weighted by atomic mass is 16.5. The topological polar surface area (TPSA) is 24.9 Å². The number of allylic oxidation sites excluding steroid dienone is 1. The van der Waals surface area contributed by atoms with E-state index < -0.39 is 0 Å². The number of aryl methyl sites for hydroxylation is 1. The first-order chi connectivity index (χ1) is 21.1. The van der Waals surface area contributed by atoms with Crippen molar-refractivity contribution in [3.05, 3.63) is 131 Å². The van der Waals surface area contributed by atoms with Crippen LogP contribution in [0, 0.1) is 0 Å². The van der Waals surface area contributed by atoms with E-state index in [0.717, 1.165) is 43.9 Å². The van der Waals surface area contributed by atoms with Crippen molar-refractivity contribution in [2.75, 3.05) is 23.3 Å². The molecule has 0 saturated carbocycles. The van der Waals surface area contributed by atoms with Crippen LogP contribution >= 0.6 is 0 Å². The minimum absolute atomic E-state index is 0.559. The predicted molar refractivity (Wildman–Crippen MR) is 183 cm³/mol. The number of nitrogens with zero attached hydrogens (tertiary/aromatic N) is 2. The third-order valence-electron chi connectivity index (χ3n) is 7.45. The first-order valence-electron chi connectivity index (χ1n) is 15.9. The highest BCUT2D eigenvalue weighted by molar-refractivity contribution is 5.56. The number of fused-ring (bicyclic) bond motifs is 2. The minimum Gasteiger partial charge on any atom is -0.472 e. The van der Waals surface area contributed by atoms with Crippen LogP contribution in [0.4, 0.5) is 11.4 Å². The molecule has 0 aromatic heterocycles. The van der Waals surface area contributed by atoms with Crippen molar-refractivity contribution < 1.29 is 9.47 Å². The SMILES string of the molecule is C=CCc1cc(Cc2cc(CC)c3c(c2)CN(c2ccccc2)CO3)cc2c1OCN(c1ccccc1)C2.CC.CCC. The molecule has 0 atom stereocenters. The number of benzene rings is 4. The summed E-state index contributed by atoms with van der Waals surface area (Å²) < 4.78 is 12.6. The lowest BCUT2D eigenvalue weighted by Gasteiger charge is -2.33. The smallest absolute Gasteiger partial charge is 0.161 e. The molecule has 0 fully saturated rings. The molecule has 2 aliphatic rings. The molecular formula is C39H48N2O2. The van der Waals surface area contributed by atoms with E-state index in [2.05, 4.69) is 122 Å². The molecule has 0 amide bonds. The number of para-hydroxylation sites is 2. The third kappa shape index (κ3) is 7.81. The summed E-state index contributed by atoms with van der Waals surface area (Å²) in [5, 5.41) is 0.